The second-order valence-electron chi connectivity index (χ2n) is 4.35. The molecule has 1 saturated heterocycles. The topological polar surface area (TPSA) is 33.6 Å². The van der Waals surface area contributed by atoms with Crippen molar-refractivity contribution in [3.63, 3.8) is 0 Å². The number of rotatable bonds is 2. The van der Waals surface area contributed by atoms with Crippen molar-refractivity contribution in [2.24, 2.45) is 4.99 Å². The van der Waals surface area contributed by atoms with E-state index in [9.17, 15) is 0 Å². The molecule has 0 aromatic heterocycles. The van der Waals surface area contributed by atoms with Gasteiger partial charge in [-0.15, -0.1) is 0 Å². The molecule has 0 amide bonds. The lowest BCUT2D eigenvalue weighted by atomic mass is 9.94. The molecule has 1 N–H and O–H groups in total. The van der Waals surface area contributed by atoms with Crippen molar-refractivity contribution in [3.05, 3.63) is 0 Å². The largest absolute Gasteiger partial charge is 0.379 e. The number of hydrogen-bond acceptors (Lipinski definition) is 3. The Morgan fingerprint density at radius 2 is 2.43 bits per heavy atom. The SMILES string of the molecule is CCC1(NC2=NCCCC2)CCOC1. The van der Waals surface area contributed by atoms with Gasteiger partial charge in [0.25, 0.3) is 0 Å². The number of nitrogens with zero attached hydrogens (tertiary/aromatic N) is 1. The van der Waals surface area contributed by atoms with E-state index < -0.39 is 0 Å². The van der Waals surface area contributed by atoms with Gasteiger partial charge in [0.15, 0.2) is 0 Å². The molecule has 0 radical (unpaired) electrons. The molecule has 2 aliphatic heterocycles. The van der Waals surface area contributed by atoms with Crippen LogP contribution >= 0.6 is 0 Å². The van der Waals surface area contributed by atoms with Crippen molar-refractivity contribution in [1.82, 2.24) is 5.32 Å². The fourth-order valence-electron chi connectivity index (χ4n) is 2.18. The lowest BCUT2D eigenvalue weighted by molar-refractivity contribution is 0.171. The van der Waals surface area contributed by atoms with Gasteiger partial charge in [-0.2, -0.15) is 0 Å². The molecule has 80 valence electrons. The van der Waals surface area contributed by atoms with Gasteiger partial charge in [-0.1, -0.05) is 6.92 Å². The maximum absolute atomic E-state index is 5.48. The highest BCUT2D eigenvalue weighted by molar-refractivity contribution is 5.83. The van der Waals surface area contributed by atoms with Gasteiger partial charge in [-0.05, 0) is 25.7 Å². The molecule has 14 heavy (non-hydrogen) atoms. The van der Waals surface area contributed by atoms with Gasteiger partial charge < -0.3 is 10.1 Å². The Hall–Kier alpha value is -0.570. The molecule has 3 nitrogen and oxygen atoms in total. The highest BCUT2D eigenvalue weighted by Crippen LogP contribution is 2.23. The molecular weight excluding hydrogens is 176 g/mol. The predicted molar refractivity (Wildman–Crippen MR) is 57.7 cm³/mol. The smallest absolute Gasteiger partial charge is 0.0968 e. The third-order valence-electron chi connectivity index (χ3n) is 3.31. The van der Waals surface area contributed by atoms with Crippen LogP contribution in [0, 0.1) is 0 Å². The standard InChI is InChI=1S/C11H20N2O/c1-2-11(6-8-14-9-11)13-10-5-3-4-7-12-10/h2-9H2,1H3,(H,12,13). The summed E-state index contributed by atoms with van der Waals surface area (Å²) in [5, 5.41) is 3.61. The van der Waals surface area contributed by atoms with E-state index >= 15 is 0 Å². The number of amidine groups is 1. The minimum atomic E-state index is 0.191. The average molecular weight is 196 g/mol. The summed E-state index contributed by atoms with van der Waals surface area (Å²) in [6, 6.07) is 0. The van der Waals surface area contributed by atoms with Crippen molar-refractivity contribution in [2.45, 2.75) is 44.6 Å². The second-order valence-corrected chi connectivity index (χ2v) is 4.35. The van der Waals surface area contributed by atoms with Crippen LogP contribution in [-0.2, 0) is 4.74 Å². The van der Waals surface area contributed by atoms with Crippen LogP contribution in [0.3, 0.4) is 0 Å². The van der Waals surface area contributed by atoms with Crippen LogP contribution in [-0.4, -0.2) is 31.1 Å². The molecule has 2 aliphatic rings. The van der Waals surface area contributed by atoms with Gasteiger partial charge in [0, 0.05) is 19.6 Å². The molecule has 0 saturated carbocycles. The summed E-state index contributed by atoms with van der Waals surface area (Å²) in [6.07, 6.45) is 5.92. The van der Waals surface area contributed by atoms with E-state index in [4.69, 9.17) is 4.74 Å². The van der Waals surface area contributed by atoms with Crippen LogP contribution < -0.4 is 5.32 Å². The van der Waals surface area contributed by atoms with E-state index in [1.165, 1.54) is 18.7 Å². The summed E-state index contributed by atoms with van der Waals surface area (Å²) < 4.78 is 5.48. The molecule has 0 spiro atoms. The van der Waals surface area contributed by atoms with Crippen LogP contribution in [0.1, 0.15) is 39.0 Å². The van der Waals surface area contributed by atoms with Gasteiger partial charge in [-0.25, -0.2) is 0 Å². The zero-order valence-electron chi connectivity index (χ0n) is 9.01. The fourth-order valence-corrected chi connectivity index (χ4v) is 2.18. The molecule has 0 aromatic rings. The van der Waals surface area contributed by atoms with Crippen LogP contribution in [0.4, 0.5) is 0 Å². The Balaban J connectivity index is 1.96. The first-order chi connectivity index (χ1) is 6.85. The van der Waals surface area contributed by atoms with Crippen LogP contribution in [0.25, 0.3) is 0 Å². The average Bonchev–Trinajstić information content (AvgIpc) is 2.69. The zero-order chi connectivity index (χ0) is 9.86. The Labute approximate surface area is 85.9 Å². The van der Waals surface area contributed by atoms with Crippen molar-refractivity contribution >= 4 is 5.84 Å². The molecule has 0 aromatic carbocycles. The molecule has 2 rings (SSSR count). The highest BCUT2D eigenvalue weighted by atomic mass is 16.5. The Kier molecular flexibility index (Phi) is 3.06. The first-order valence-corrected chi connectivity index (χ1v) is 5.74. The summed E-state index contributed by atoms with van der Waals surface area (Å²) in [5.41, 5.74) is 0.191. The van der Waals surface area contributed by atoms with Gasteiger partial charge in [-0.3, -0.25) is 4.99 Å². The quantitative estimate of drug-likeness (QED) is 0.729. The first kappa shape index (κ1) is 9.97. The van der Waals surface area contributed by atoms with E-state index in [1.807, 2.05) is 0 Å². The maximum atomic E-state index is 5.48. The fraction of sp³-hybridized carbons (Fsp3) is 0.909. The molecule has 2 heterocycles. The Morgan fingerprint density at radius 1 is 1.50 bits per heavy atom. The van der Waals surface area contributed by atoms with E-state index in [1.54, 1.807) is 0 Å². The van der Waals surface area contributed by atoms with Gasteiger partial charge in [0.1, 0.15) is 0 Å². The molecule has 1 atom stereocenters. The number of nitrogens with one attached hydrogen (secondary N) is 1. The van der Waals surface area contributed by atoms with E-state index in [-0.39, 0.29) is 5.54 Å². The number of ether oxygens (including phenoxy) is 1. The minimum Gasteiger partial charge on any atom is -0.379 e. The molecule has 1 unspecified atom stereocenters. The van der Waals surface area contributed by atoms with E-state index in [0.717, 1.165) is 39.0 Å². The normalized spacial score (nSPS) is 32.8. The number of aliphatic imine (C=N–C) groups is 1. The highest BCUT2D eigenvalue weighted by Gasteiger charge is 2.33. The Bertz CT molecular complexity index is 219. The van der Waals surface area contributed by atoms with E-state index in [0.29, 0.717) is 0 Å². The summed E-state index contributed by atoms with van der Waals surface area (Å²) in [5.74, 6) is 1.21. The minimum absolute atomic E-state index is 0.191. The maximum Gasteiger partial charge on any atom is 0.0968 e. The zero-order valence-corrected chi connectivity index (χ0v) is 9.01. The third-order valence-corrected chi connectivity index (χ3v) is 3.31. The van der Waals surface area contributed by atoms with Crippen molar-refractivity contribution < 1.29 is 4.74 Å². The van der Waals surface area contributed by atoms with Crippen molar-refractivity contribution in [1.29, 1.82) is 0 Å². The molecule has 1 fully saturated rings. The number of hydrogen-bond donors (Lipinski definition) is 1. The summed E-state index contributed by atoms with van der Waals surface area (Å²) >= 11 is 0. The molecular formula is C11H20N2O. The molecule has 3 heteroatoms. The monoisotopic (exact) mass is 196 g/mol. The molecule has 0 aliphatic carbocycles. The summed E-state index contributed by atoms with van der Waals surface area (Å²) in [7, 11) is 0. The van der Waals surface area contributed by atoms with Gasteiger partial charge in [0.2, 0.25) is 0 Å². The second kappa shape index (κ2) is 4.30. The van der Waals surface area contributed by atoms with Crippen LogP contribution in [0.15, 0.2) is 4.99 Å². The van der Waals surface area contributed by atoms with Crippen molar-refractivity contribution in [3.8, 4) is 0 Å². The Morgan fingerprint density at radius 3 is 3.00 bits per heavy atom. The molecule has 0 bridgehead atoms. The predicted octanol–water partition coefficient (Wildman–Crippen LogP) is 1.73. The lowest BCUT2D eigenvalue weighted by Gasteiger charge is -2.30. The van der Waals surface area contributed by atoms with Crippen molar-refractivity contribution in [2.75, 3.05) is 19.8 Å². The lowest BCUT2D eigenvalue weighted by Crippen LogP contribution is -2.49. The van der Waals surface area contributed by atoms with Crippen LogP contribution in [0.5, 0.6) is 0 Å². The third kappa shape index (κ3) is 2.08. The van der Waals surface area contributed by atoms with Gasteiger partial charge >= 0.3 is 0 Å². The van der Waals surface area contributed by atoms with Gasteiger partial charge in [0.05, 0.1) is 18.0 Å². The summed E-state index contributed by atoms with van der Waals surface area (Å²) in [6.45, 7) is 4.98. The summed E-state index contributed by atoms with van der Waals surface area (Å²) in [4.78, 5) is 4.54. The first-order valence-electron chi connectivity index (χ1n) is 5.74. The van der Waals surface area contributed by atoms with Crippen LogP contribution in [0.2, 0.25) is 0 Å². The van der Waals surface area contributed by atoms with E-state index in [2.05, 4.69) is 17.2 Å².